The minimum atomic E-state index is -1.25. The van der Waals surface area contributed by atoms with E-state index in [4.69, 9.17) is 9.72 Å². The minimum absolute atomic E-state index is 0.426. The minimum Gasteiger partial charge on any atom is -0.481 e. The van der Waals surface area contributed by atoms with Crippen LogP contribution in [0.4, 0.5) is 0 Å². The Bertz CT molecular complexity index is 1530. The van der Waals surface area contributed by atoms with Gasteiger partial charge in [-0.1, -0.05) is 88.7 Å². The van der Waals surface area contributed by atoms with Crippen molar-refractivity contribution >= 4 is 37.6 Å². The van der Waals surface area contributed by atoms with Gasteiger partial charge in [0.05, 0.1) is 12.6 Å². The van der Waals surface area contributed by atoms with Gasteiger partial charge in [-0.05, 0) is 66.7 Å². The first-order chi connectivity index (χ1) is 17.9. The number of pyridine rings is 1. The number of ether oxygens (including phenoxy) is 1. The van der Waals surface area contributed by atoms with E-state index in [0.717, 1.165) is 42.8 Å². The lowest BCUT2D eigenvalue weighted by atomic mass is 9.70. The maximum atomic E-state index is 13.0. The summed E-state index contributed by atoms with van der Waals surface area (Å²) in [4.78, 5) is 7.00. The molecular formula is C32H31BrN2O2. The SMILES string of the molecule is COc1nc2ccc(Br)cc2cc1[C@H](c1ccccc1)[C@@](O)(CCN(C)C)c1cccc2ccccc12. The van der Waals surface area contributed by atoms with Gasteiger partial charge in [0, 0.05) is 27.9 Å². The summed E-state index contributed by atoms with van der Waals surface area (Å²) in [5.74, 6) is 0.0949. The number of benzene rings is 4. The third-order valence-corrected chi connectivity index (χ3v) is 7.57. The zero-order valence-corrected chi connectivity index (χ0v) is 22.9. The van der Waals surface area contributed by atoms with Crippen molar-refractivity contribution in [2.24, 2.45) is 0 Å². The summed E-state index contributed by atoms with van der Waals surface area (Å²) in [6.45, 7) is 0.706. The van der Waals surface area contributed by atoms with E-state index in [2.05, 4.69) is 69.4 Å². The molecule has 0 fully saturated rings. The summed E-state index contributed by atoms with van der Waals surface area (Å²) in [5.41, 5.74) is 2.36. The van der Waals surface area contributed by atoms with Crippen molar-refractivity contribution in [1.82, 2.24) is 9.88 Å². The van der Waals surface area contributed by atoms with Gasteiger partial charge in [0.1, 0.15) is 5.60 Å². The highest BCUT2D eigenvalue weighted by molar-refractivity contribution is 9.10. The number of hydrogen-bond donors (Lipinski definition) is 1. The summed E-state index contributed by atoms with van der Waals surface area (Å²) < 4.78 is 6.86. The molecule has 0 unspecified atom stereocenters. The maximum Gasteiger partial charge on any atom is 0.217 e. The zero-order valence-electron chi connectivity index (χ0n) is 21.4. The molecule has 1 aromatic heterocycles. The second-order valence-corrected chi connectivity index (χ2v) is 10.7. The molecule has 0 amide bonds. The quantitative estimate of drug-likeness (QED) is 0.221. The van der Waals surface area contributed by atoms with Gasteiger partial charge in [-0.2, -0.15) is 0 Å². The fourth-order valence-corrected chi connectivity index (χ4v) is 5.68. The number of methoxy groups -OCH3 is 1. The van der Waals surface area contributed by atoms with E-state index in [0.29, 0.717) is 18.8 Å². The second-order valence-electron chi connectivity index (χ2n) is 9.77. The van der Waals surface area contributed by atoms with Crippen LogP contribution in [0.2, 0.25) is 0 Å². The van der Waals surface area contributed by atoms with Crippen LogP contribution in [-0.4, -0.2) is 42.7 Å². The molecule has 4 aromatic carbocycles. The fourth-order valence-electron chi connectivity index (χ4n) is 5.31. The van der Waals surface area contributed by atoms with Crippen LogP contribution in [0.25, 0.3) is 21.7 Å². The molecular weight excluding hydrogens is 524 g/mol. The Morgan fingerprint density at radius 1 is 0.892 bits per heavy atom. The maximum absolute atomic E-state index is 13.0. The van der Waals surface area contributed by atoms with Crippen LogP contribution < -0.4 is 4.74 Å². The molecule has 0 aliphatic carbocycles. The van der Waals surface area contributed by atoms with Crippen molar-refractivity contribution in [1.29, 1.82) is 0 Å². The van der Waals surface area contributed by atoms with E-state index < -0.39 is 11.5 Å². The smallest absolute Gasteiger partial charge is 0.217 e. The van der Waals surface area contributed by atoms with E-state index >= 15 is 0 Å². The van der Waals surface area contributed by atoms with Crippen LogP contribution in [0.3, 0.4) is 0 Å². The molecule has 1 heterocycles. The van der Waals surface area contributed by atoms with Crippen molar-refractivity contribution < 1.29 is 9.84 Å². The Morgan fingerprint density at radius 3 is 2.38 bits per heavy atom. The monoisotopic (exact) mass is 554 g/mol. The summed E-state index contributed by atoms with van der Waals surface area (Å²) in [7, 11) is 5.73. The topological polar surface area (TPSA) is 45.6 Å². The molecule has 1 N–H and O–H groups in total. The van der Waals surface area contributed by atoms with Crippen molar-refractivity contribution in [3.05, 3.63) is 118 Å². The highest BCUT2D eigenvalue weighted by Crippen LogP contribution is 2.49. The molecule has 0 aliphatic heterocycles. The lowest BCUT2D eigenvalue weighted by Gasteiger charge is -2.39. The van der Waals surface area contributed by atoms with Crippen molar-refractivity contribution in [3.63, 3.8) is 0 Å². The molecule has 0 saturated heterocycles. The molecule has 4 nitrogen and oxygen atoms in total. The molecule has 5 heteroatoms. The van der Waals surface area contributed by atoms with Crippen LogP contribution in [0.1, 0.15) is 29.0 Å². The number of aliphatic hydroxyl groups is 1. The highest BCUT2D eigenvalue weighted by Gasteiger charge is 2.43. The normalized spacial score (nSPS) is 14.1. The predicted octanol–water partition coefficient (Wildman–Crippen LogP) is 7.13. The third kappa shape index (κ3) is 4.99. The molecule has 2 atom stereocenters. The average Bonchev–Trinajstić information content (AvgIpc) is 2.92. The molecule has 0 radical (unpaired) electrons. The molecule has 5 rings (SSSR count). The van der Waals surface area contributed by atoms with Gasteiger partial charge in [0.2, 0.25) is 5.88 Å². The van der Waals surface area contributed by atoms with Gasteiger partial charge in [-0.3, -0.25) is 0 Å². The Labute approximate surface area is 226 Å². The molecule has 0 saturated carbocycles. The molecule has 0 aliphatic rings. The first-order valence-electron chi connectivity index (χ1n) is 12.4. The van der Waals surface area contributed by atoms with E-state index in [1.54, 1.807) is 7.11 Å². The predicted molar refractivity (Wildman–Crippen MR) is 155 cm³/mol. The number of halogens is 1. The summed E-state index contributed by atoms with van der Waals surface area (Å²) in [6.07, 6.45) is 0.521. The molecule has 37 heavy (non-hydrogen) atoms. The van der Waals surface area contributed by atoms with Gasteiger partial charge in [-0.25, -0.2) is 4.98 Å². The van der Waals surface area contributed by atoms with E-state index in [-0.39, 0.29) is 0 Å². The third-order valence-electron chi connectivity index (χ3n) is 7.08. The van der Waals surface area contributed by atoms with Gasteiger partial charge < -0.3 is 14.7 Å². The fraction of sp³-hybridized carbons (Fsp3) is 0.219. The molecule has 0 bridgehead atoms. The van der Waals surface area contributed by atoms with Crippen molar-refractivity contribution in [3.8, 4) is 5.88 Å². The Kier molecular flexibility index (Phi) is 7.29. The summed E-state index contributed by atoms with van der Waals surface area (Å²) in [5, 5.41) is 16.2. The van der Waals surface area contributed by atoms with Crippen molar-refractivity contribution in [2.75, 3.05) is 27.7 Å². The van der Waals surface area contributed by atoms with E-state index in [1.807, 2.05) is 62.6 Å². The van der Waals surface area contributed by atoms with Gasteiger partial charge in [0.15, 0.2) is 0 Å². The summed E-state index contributed by atoms with van der Waals surface area (Å²) in [6, 6.07) is 32.8. The molecule has 0 spiro atoms. The van der Waals surface area contributed by atoms with Crippen LogP contribution in [0.5, 0.6) is 5.88 Å². The lowest BCUT2D eigenvalue weighted by Crippen LogP contribution is -2.38. The zero-order chi connectivity index (χ0) is 26.0. The Hall–Kier alpha value is -3.25. The van der Waals surface area contributed by atoms with Gasteiger partial charge in [-0.15, -0.1) is 0 Å². The lowest BCUT2D eigenvalue weighted by molar-refractivity contribution is 0.00520. The summed E-state index contributed by atoms with van der Waals surface area (Å²) >= 11 is 3.60. The van der Waals surface area contributed by atoms with Crippen LogP contribution in [0.15, 0.2) is 102 Å². The first-order valence-corrected chi connectivity index (χ1v) is 13.2. The average molecular weight is 556 g/mol. The standard InChI is InChI=1S/C32H31BrN2O2/c1-35(2)19-18-32(36,28-15-9-13-22-10-7-8-14-26(22)28)30(23-11-5-4-6-12-23)27-21-24-20-25(33)16-17-29(24)34-31(27)37-3/h4-17,20-21,30,36H,18-19H2,1-3H3/t30-,32+/m0/s1. The van der Waals surface area contributed by atoms with E-state index in [1.165, 1.54) is 0 Å². The van der Waals surface area contributed by atoms with Crippen molar-refractivity contribution in [2.45, 2.75) is 17.9 Å². The van der Waals surface area contributed by atoms with Gasteiger partial charge in [0.25, 0.3) is 0 Å². The highest BCUT2D eigenvalue weighted by atomic mass is 79.9. The Balaban J connectivity index is 1.84. The first kappa shape index (κ1) is 25.4. The second kappa shape index (κ2) is 10.6. The Morgan fingerprint density at radius 2 is 1.62 bits per heavy atom. The van der Waals surface area contributed by atoms with Gasteiger partial charge >= 0.3 is 0 Å². The number of fused-ring (bicyclic) bond motifs is 2. The van der Waals surface area contributed by atoms with Crippen LogP contribution >= 0.6 is 15.9 Å². The molecule has 5 aromatic rings. The molecule has 188 valence electrons. The largest absolute Gasteiger partial charge is 0.481 e. The van der Waals surface area contributed by atoms with Crippen LogP contribution in [0, 0.1) is 0 Å². The number of hydrogen-bond acceptors (Lipinski definition) is 4. The number of nitrogens with zero attached hydrogens (tertiary/aromatic N) is 2. The number of rotatable bonds is 8. The van der Waals surface area contributed by atoms with E-state index in [9.17, 15) is 5.11 Å². The number of aromatic nitrogens is 1. The van der Waals surface area contributed by atoms with Crippen LogP contribution in [-0.2, 0) is 5.60 Å².